The normalized spacial score (nSPS) is 21.0. The summed E-state index contributed by atoms with van der Waals surface area (Å²) in [6.07, 6.45) is 3.24. The average Bonchev–Trinajstić information content (AvgIpc) is 2.93. The molecule has 0 heterocycles. The first-order valence-corrected chi connectivity index (χ1v) is 10.5. The van der Waals surface area contributed by atoms with E-state index in [0.29, 0.717) is 13.0 Å². The van der Waals surface area contributed by atoms with Crippen molar-refractivity contribution < 1.29 is 17.9 Å². The lowest BCUT2D eigenvalue weighted by molar-refractivity contribution is 0.0523. The van der Waals surface area contributed by atoms with Crippen LogP contribution in [-0.4, -0.2) is 37.7 Å². The largest absolute Gasteiger partial charge is 0.444 e. The summed E-state index contributed by atoms with van der Waals surface area (Å²) in [5, 5.41) is 5.75. The maximum Gasteiger partial charge on any atom is 0.407 e. The van der Waals surface area contributed by atoms with Crippen molar-refractivity contribution in [2.75, 3.05) is 11.6 Å². The van der Waals surface area contributed by atoms with Gasteiger partial charge in [0.05, 0.1) is 5.25 Å². The fourth-order valence-electron chi connectivity index (χ4n) is 3.10. The minimum absolute atomic E-state index is 0.0994. The summed E-state index contributed by atoms with van der Waals surface area (Å²) in [6, 6.07) is 7.50. The third-order valence-electron chi connectivity index (χ3n) is 4.18. The van der Waals surface area contributed by atoms with Crippen LogP contribution in [0.3, 0.4) is 0 Å². The number of anilines is 1. The molecule has 0 aromatic heterocycles. The monoisotopic (exact) mass is 368 g/mol. The van der Waals surface area contributed by atoms with Gasteiger partial charge in [-0.3, -0.25) is 0 Å². The van der Waals surface area contributed by atoms with E-state index in [0.717, 1.165) is 24.1 Å². The van der Waals surface area contributed by atoms with Crippen LogP contribution in [0.5, 0.6) is 0 Å². The van der Waals surface area contributed by atoms with Crippen molar-refractivity contribution in [1.82, 2.24) is 5.32 Å². The van der Waals surface area contributed by atoms with Gasteiger partial charge in [0.15, 0.2) is 9.84 Å². The number of carbonyl (C=O) groups excluding carboxylic acids is 1. The summed E-state index contributed by atoms with van der Waals surface area (Å²) in [6.45, 7) is 5.75. The van der Waals surface area contributed by atoms with E-state index >= 15 is 0 Å². The van der Waals surface area contributed by atoms with Crippen molar-refractivity contribution in [3.8, 4) is 0 Å². The van der Waals surface area contributed by atoms with E-state index in [4.69, 9.17) is 4.74 Å². The van der Waals surface area contributed by atoms with Gasteiger partial charge < -0.3 is 15.4 Å². The highest BCUT2D eigenvalue weighted by Gasteiger charge is 2.34. The molecule has 1 saturated carbocycles. The van der Waals surface area contributed by atoms with Gasteiger partial charge in [-0.1, -0.05) is 18.2 Å². The maximum absolute atomic E-state index is 12.0. The Hall–Kier alpha value is -1.76. The van der Waals surface area contributed by atoms with Crippen molar-refractivity contribution in [2.24, 2.45) is 0 Å². The molecule has 7 heteroatoms. The second-order valence-electron chi connectivity index (χ2n) is 7.56. The van der Waals surface area contributed by atoms with Crippen LogP contribution in [-0.2, 0) is 21.1 Å². The van der Waals surface area contributed by atoms with Crippen molar-refractivity contribution in [1.29, 1.82) is 0 Å². The molecule has 25 heavy (non-hydrogen) atoms. The summed E-state index contributed by atoms with van der Waals surface area (Å²) in [7, 11) is -3.08. The van der Waals surface area contributed by atoms with Gasteiger partial charge in [-0.25, -0.2) is 13.2 Å². The number of para-hydroxylation sites is 1. The molecule has 1 aromatic rings. The summed E-state index contributed by atoms with van der Waals surface area (Å²) in [5.74, 6) is 0. The molecule has 140 valence electrons. The smallest absolute Gasteiger partial charge is 0.407 e. The van der Waals surface area contributed by atoms with Crippen LogP contribution in [0.2, 0.25) is 0 Å². The van der Waals surface area contributed by atoms with E-state index in [2.05, 4.69) is 10.6 Å². The van der Waals surface area contributed by atoms with Crippen LogP contribution in [0.25, 0.3) is 0 Å². The van der Waals surface area contributed by atoms with Gasteiger partial charge in [0.2, 0.25) is 0 Å². The number of hydrogen-bond acceptors (Lipinski definition) is 5. The molecular weight excluding hydrogens is 340 g/mol. The van der Waals surface area contributed by atoms with Gasteiger partial charge in [-0.05, 0) is 51.7 Å². The Bertz CT molecular complexity index is 710. The van der Waals surface area contributed by atoms with E-state index in [9.17, 15) is 13.2 Å². The number of nitrogens with one attached hydrogen (secondary N) is 2. The van der Waals surface area contributed by atoms with Crippen LogP contribution in [0.4, 0.5) is 10.5 Å². The lowest BCUT2D eigenvalue weighted by atomic mass is 10.1. The highest BCUT2D eigenvalue weighted by atomic mass is 32.2. The molecule has 6 nitrogen and oxygen atoms in total. The zero-order valence-corrected chi connectivity index (χ0v) is 16.2. The number of hydrogen-bond donors (Lipinski definition) is 2. The van der Waals surface area contributed by atoms with Gasteiger partial charge >= 0.3 is 6.09 Å². The number of alkyl carbamates (subject to hydrolysis) is 1. The molecule has 2 unspecified atom stereocenters. The standard InChI is InChI=1S/C18H28N2O4S/c1-18(2,3)24-17(21)19-12-13-8-5-6-9-14(13)20-15-10-7-11-16(15)25(4,22)23/h5-6,8-9,15-16,20H,7,10-12H2,1-4H3,(H,19,21). The summed E-state index contributed by atoms with van der Waals surface area (Å²) in [5.41, 5.74) is 1.20. The van der Waals surface area contributed by atoms with Crippen LogP contribution < -0.4 is 10.6 Å². The first kappa shape index (κ1) is 19.6. The fourth-order valence-corrected chi connectivity index (χ4v) is 4.50. The third-order valence-corrected chi connectivity index (χ3v) is 5.85. The summed E-state index contributed by atoms with van der Waals surface area (Å²) < 4.78 is 29.2. The Morgan fingerprint density at radius 2 is 1.92 bits per heavy atom. The Kier molecular flexibility index (Phi) is 5.98. The molecule has 2 atom stereocenters. The second kappa shape index (κ2) is 7.64. The van der Waals surface area contributed by atoms with Gasteiger partial charge in [0, 0.05) is 24.5 Å². The number of carbonyl (C=O) groups is 1. The Morgan fingerprint density at radius 3 is 2.56 bits per heavy atom. The molecule has 0 aliphatic heterocycles. The molecule has 0 bridgehead atoms. The van der Waals surface area contributed by atoms with Crippen LogP contribution >= 0.6 is 0 Å². The first-order chi connectivity index (χ1) is 11.6. The second-order valence-corrected chi connectivity index (χ2v) is 9.83. The van der Waals surface area contributed by atoms with E-state index in [1.165, 1.54) is 6.26 Å². The quantitative estimate of drug-likeness (QED) is 0.834. The number of rotatable bonds is 5. The molecule has 1 aromatic carbocycles. The molecular formula is C18H28N2O4S. The average molecular weight is 368 g/mol. The molecule has 0 saturated heterocycles. The molecule has 0 radical (unpaired) electrons. The Morgan fingerprint density at radius 1 is 1.24 bits per heavy atom. The molecule has 2 N–H and O–H groups in total. The minimum Gasteiger partial charge on any atom is -0.444 e. The third kappa shape index (κ3) is 5.92. The maximum atomic E-state index is 12.0. The van der Waals surface area contributed by atoms with Gasteiger partial charge in [0.25, 0.3) is 0 Å². The number of ether oxygens (including phenoxy) is 1. The van der Waals surface area contributed by atoms with Crippen molar-refractivity contribution in [3.05, 3.63) is 29.8 Å². The van der Waals surface area contributed by atoms with Crippen molar-refractivity contribution in [2.45, 2.75) is 63.5 Å². The molecule has 1 fully saturated rings. The Balaban J connectivity index is 2.04. The van der Waals surface area contributed by atoms with Gasteiger partial charge in [0.1, 0.15) is 5.60 Å². The zero-order valence-electron chi connectivity index (χ0n) is 15.3. The van der Waals surface area contributed by atoms with E-state index in [-0.39, 0.29) is 11.3 Å². The lowest BCUT2D eigenvalue weighted by Gasteiger charge is -2.23. The van der Waals surface area contributed by atoms with Crippen LogP contribution in [0, 0.1) is 0 Å². The van der Waals surface area contributed by atoms with E-state index < -0.39 is 21.5 Å². The molecule has 0 spiro atoms. The SMILES string of the molecule is CC(C)(C)OC(=O)NCc1ccccc1NC1CCCC1S(C)(=O)=O. The number of sulfone groups is 1. The molecule has 1 aliphatic rings. The topological polar surface area (TPSA) is 84.5 Å². The number of amides is 1. The van der Waals surface area contributed by atoms with Gasteiger partial charge in [-0.2, -0.15) is 0 Å². The van der Waals surface area contributed by atoms with Crippen LogP contribution in [0.1, 0.15) is 45.6 Å². The van der Waals surface area contributed by atoms with E-state index in [1.54, 1.807) is 0 Å². The van der Waals surface area contributed by atoms with Crippen molar-refractivity contribution >= 4 is 21.6 Å². The molecule has 1 aliphatic carbocycles. The lowest BCUT2D eigenvalue weighted by Crippen LogP contribution is -2.35. The first-order valence-electron chi connectivity index (χ1n) is 8.56. The highest BCUT2D eigenvalue weighted by molar-refractivity contribution is 7.91. The zero-order chi connectivity index (χ0) is 18.7. The minimum atomic E-state index is -3.08. The van der Waals surface area contributed by atoms with Crippen molar-refractivity contribution in [3.63, 3.8) is 0 Å². The predicted octanol–water partition coefficient (Wildman–Crippen LogP) is 3.09. The molecule has 2 rings (SSSR count). The number of benzene rings is 1. The Labute approximate surface area is 150 Å². The van der Waals surface area contributed by atoms with E-state index in [1.807, 2.05) is 45.0 Å². The fraction of sp³-hybridized carbons (Fsp3) is 0.611. The summed E-state index contributed by atoms with van der Waals surface area (Å²) >= 11 is 0. The highest BCUT2D eigenvalue weighted by Crippen LogP contribution is 2.29. The molecule has 1 amide bonds. The predicted molar refractivity (Wildman–Crippen MR) is 99.4 cm³/mol. The van der Waals surface area contributed by atoms with Gasteiger partial charge in [-0.15, -0.1) is 0 Å². The summed E-state index contributed by atoms with van der Waals surface area (Å²) in [4.78, 5) is 11.8. The van der Waals surface area contributed by atoms with Crippen LogP contribution in [0.15, 0.2) is 24.3 Å².